The fraction of sp³-hybridized carbons (Fsp3) is 0.321. The Balaban J connectivity index is 1.94. The van der Waals surface area contributed by atoms with Gasteiger partial charge in [-0.2, -0.15) is 0 Å². The Bertz CT molecular complexity index is 1570. The normalized spacial score (nSPS) is 15.1. The van der Waals surface area contributed by atoms with Crippen LogP contribution in [0.5, 0.6) is 23.0 Å². The van der Waals surface area contributed by atoms with Gasteiger partial charge in [0, 0.05) is 0 Å². The molecule has 200 valence electrons. The molecule has 1 N–H and O–H groups in total. The highest BCUT2D eigenvalue weighted by Gasteiger charge is 2.34. The van der Waals surface area contributed by atoms with Crippen LogP contribution in [-0.4, -0.2) is 42.6 Å². The summed E-state index contributed by atoms with van der Waals surface area (Å²) < 4.78 is 23.9. The highest BCUT2D eigenvalue weighted by Crippen LogP contribution is 2.36. The van der Waals surface area contributed by atoms with Gasteiger partial charge >= 0.3 is 5.97 Å². The van der Waals surface area contributed by atoms with E-state index in [2.05, 4.69) is 4.99 Å². The van der Waals surface area contributed by atoms with Crippen LogP contribution in [0.1, 0.15) is 44.9 Å². The molecule has 1 unspecified atom stereocenters. The van der Waals surface area contributed by atoms with Gasteiger partial charge in [0.2, 0.25) is 0 Å². The van der Waals surface area contributed by atoms with E-state index in [1.54, 1.807) is 44.2 Å². The topological polar surface area (TPSA) is 109 Å². The van der Waals surface area contributed by atoms with Gasteiger partial charge in [-0.1, -0.05) is 23.5 Å². The molecule has 9 nitrogen and oxygen atoms in total. The minimum Gasteiger partial charge on any atom is -0.504 e. The van der Waals surface area contributed by atoms with Crippen molar-refractivity contribution in [2.75, 3.05) is 26.9 Å². The molecule has 1 atom stereocenters. The fourth-order valence-corrected chi connectivity index (χ4v) is 5.34. The molecule has 0 saturated heterocycles. The number of carbonyl (C=O) groups is 1. The van der Waals surface area contributed by atoms with Gasteiger partial charge < -0.3 is 24.1 Å². The summed E-state index contributed by atoms with van der Waals surface area (Å²) in [6.07, 6.45) is 1.67. The number of rotatable bonds is 9. The van der Waals surface area contributed by atoms with E-state index in [9.17, 15) is 14.7 Å². The largest absolute Gasteiger partial charge is 0.504 e. The second-order valence-corrected chi connectivity index (χ2v) is 9.31. The molecule has 10 heteroatoms. The minimum absolute atomic E-state index is 0.0369. The molecule has 0 saturated carbocycles. The second kappa shape index (κ2) is 11.6. The average molecular weight is 539 g/mol. The number of ether oxygens (including phenoxy) is 4. The highest BCUT2D eigenvalue weighted by molar-refractivity contribution is 7.07. The first-order chi connectivity index (χ1) is 18.3. The van der Waals surface area contributed by atoms with Crippen LogP contribution in [-0.2, 0) is 9.53 Å². The lowest BCUT2D eigenvalue weighted by Crippen LogP contribution is -2.40. The maximum absolute atomic E-state index is 13.8. The summed E-state index contributed by atoms with van der Waals surface area (Å²) in [5, 5.41) is 10.2. The number of thiazole rings is 1. The van der Waals surface area contributed by atoms with Crippen LogP contribution in [0.15, 0.2) is 57.5 Å². The van der Waals surface area contributed by atoms with Crippen molar-refractivity contribution < 1.29 is 28.8 Å². The van der Waals surface area contributed by atoms with Gasteiger partial charge in [0.05, 0.1) is 48.8 Å². The third-order valence-corrected chi connectivity index (χ3v) is 6.88. The first kappa shape index (κ1) is 27.0. The zero-order chi connectivity index (χ0) is 27.4. The molecule has 4 rings (SSSR count). The predicted octanol–water partition coefficient (Wildman–Crippen LogP) is 3.31. The summed E-state index contributed by atoms with van der Waals surface area (Å²) in [6.45, 7) is 8.28. The van der Waals surface area contributed by atoms with E-state index in [0.29, 0.717) is 56.6 Å². The Morgan fingerprint density at radius 2 is 1.76 bits per heavy atom. The summed E-state index contributed by atoms with van der Waals surface area (Å²) in [5.74, 6) is 0.841. The van der Waals surface area contributed by atoms with Crippen molar-refractivity contribution in [3.63, 3.8) is 0 Å². The van der Waals surface area contributed by atoms with Crippen molar-refractivity contribution in [1.29, 1.82) is 0 Å². The molecule has 1 aliphatic rings. The molecule has 0 spiro atoms. The number of nitrogens with zero attached hydrogens (tertiary/aromatic N) is 2. The Hall–Kier alpha value is -4.05. The Labute approximate surface area is 223 Å². The van der Waals surface area contributed by atoms with Crippen LogP contribution >= 0.6 is 11.3 Å². The molecule has 0 fully saturated rings. The van der Waals surface area contributed by atoms with Crippen LogP contribution in [0.4, 0.5) is 0 Å². The Kier molecular flexibility index (Phi) is 8.21. The van der Waals surface area contributed by atoms with E-state index in [4.69, 9.17) is 18.9 Å². The number of benzene rings is 2. The maximum atomic E-state index is 13.8. The molecule has 2 aromatic carbocycles. The third-order valence-electron chi connectivity index (χ3n) is 5.90. The van der Waals surface area contributed by atoms with Crippen LogP contribution in [0, 0.1) is 0 Å². The molecule has 0 aliphatic carbocycles. The molecule has 38 heavy (non-hydrogen) atoms. The van der Waals surface area contributed by atoms with Gasteiger partial charge in [0.25, 0.3) is 5.56 Å². The van der Waals surface area contributed by atoms with Crippen molar-refractivity contribution in [2.45, 2.75) is 33.7 Å². The van der Waals surface area contributed by atoms with E-state index in [0.717, 1.165) is 0 Å². The van der Waals surface area contributed by atoms with Crippen LogP contribution < -0.4 is 29.1 Å². The molecule has 3 aromatic rings. The van der Waals surface area contributed by atoms with Gasteiger partial charge in [0.15, 0.2) is 27.8 Å². The molecule has 0 amide bonds. The van der Waals surface area contributed by atoms with Crippen molar-refractivity contribution in [2.24, 2.45) is 4.99 Å². The summed E-state index contributed by atoms with van der Waals surface area (Å²) >= 11 is 1.20. The monoisotopic (exact) mass is 538 g/mol. The molecule has 0 bridgehead atoms. The van der Waals surface area contributed by atoms with E-state index in [1.807, 2.05) is 19.9 Å². The minimum atomic E-state index is -0.786. The number of esters is 1. The number of methoxy groups -OCH3 is 1. The molecule has 1 aliphatic heterocycles. The number of aromatic nitrogens is 1. The highest BCUT2D eigenvalue weighted by atomic mass is 32.1. The summed E-state index contributed by atoms with van der Waals surface area (Å²) in [5.41, 5.74) is 1.69. The standard InChI is InChI=1S/C28H30N2O7S/c1-6-35-21-12-10-18(15-22(21)36-7-2)25-24(27(33)37-8-3)16(4)29-28-30(25)26(32)23(38-28)14-17-9-11-20(34-5)19(31)13-17/h9-15,25,31H,6-8H2,1-5H3. The lowest BCUT2D eigenvalue weighted by atomic mass is 9.95. The van der Waals surface area contributed by atoms with Gasteiger partial charge in [-0.25, -0.2) is 9.79 Å². The number of hydrogen-bond donors (Lipinski definition) is 1. The molecule has 2 heterocycles. The van der Waals surface area contributed by atoms with E-state index in [1.165, 1.54) is 29.1 Å². The first-order valence-electron chi connectivity index (χ1n) is 12.3. The van der Waals surface area contributed by atoms with Gasteiger partial charge in [-0.05, 0) is 69.2 Å². The number of aromatic hydroxyl groups is 1. The summed E-state index contributed by atoms with van der Waals surface area (Å²) in [7, 11) is 1.47. The number of hydrogen-bond acceptors (Lipinski definition) is 9. The zero-order valence-corrected chi connectivity index (χ0v) is 22.8. The quantitative estimate of drug-likeness (QED) is 0.417. The fourth-order valence-electron chi connectivity index (χ4n) is 4.29. The number of allylic oxidation sites excluding steroid dienone is 1. The molecular weight excluding hydrogens is 508 g/mol. The van der Waals surface area contributed by atoms with Crippen LogP contribution in [0.3, 0.4) is 0 Å². The molecule has 0 radical (unpaired) electrons. The smallest absolute Gasteiger partial charge is 0.338 e. The number of carbonyl (C=O) groups excluding carboxylic acids is 1. The van der Waals surface area contributed by atoms with E-state index in [-0.39, 0.29) is 23.5 Å². The van der Waals surface area contributed by atoms with Gasteiger partial charge in [0.1, 0.15) is 0 Å². The van der Waals surface area contributed by atoms with Crippen molar-refractivity contribution in [3.05, 3.63) is 78.5 Å². The lowest BCUT2D eigenvalue weighted by molar-refractivity contribution is -0.139. The van der Waals surface area contributed by atoms with E-state index < -0.39 is 12.0 Å². The maximum Gasteiger partial charge on any atom is 0.338 e. The summed E-state index contributed by atoms with van der Waals surface area (Å²) in [6, 6.07) is 9.48. The molecule has 1 aromatic heterocycles. The van der Waals surface area contributed by atoms with Crippen molar-refractivity contribution >= 4 is 23.4 Å². The molecular formula is C28H30N2O7S. The second-order valence-electron chi connectivity index (χ2n) is 8.31. The SMILES string of the molecule is CCOC(=O)C1=C(C)N=c2sc(=Cc3ccc(OC)c(O)c3)c(=O)n2C1c1ccc(OCC)c(OCC)c1. The Morgan fingerprint density at radius 3 is 2.42 bits per heavy atom. The number of phenols is 1. The number of fused-ring (bicyclic) bond motifs is 1. The van der Waals surface area contributed by atoms with Gasteiger partial charge in [-0.15, -0.1) is 0 Å². The van der Waals surface area contributed by atoms with Gasteiger partial charge in [-0.3, -0.25) is 9.36 Å². The van der Waals surface area contributed by atoms with Crippen molar-refractivity contribution in [3.8, 4) is 23.0 Å². The Morgan fingerprint density at radius 1 is 1.05 bits per heavy atom. The van der Waals surface area contributed by atoms with E-state index >= 15 is 0 Å². The lowest BCUT2D eigenvalue weighted by Gasteiger charge is -2.25. The predicted molar refractivity (Wildman–Crippen MR) is 144 cm³/mol. The van der Waals surface area contributed by atoms with Crippen LogP contribution in [0.25, 0.3) is 6.08 Å². The number of phenolic OH excluding ortho intramolecular Hbond substituents is 1. The zero-order valence-electron chi connectivity index (χ0n) is 21.9. The third kappa shape index (κ3) is 5.17. The summed E-state index contributed by atoms with van der Waals surface area (Å²) in [4.78, 5) is 32.0. The van der Waals surface area contributed by atoms with Crippen molar-refractivity contribution in [1.82, 2.24) is 4.57 Å². The average Bonchev–Trinajstić information content (AvgIpc) is 3.19. The van der Waals surface area contributed by atoms with Crippen LogP contribution in [0.2, 0.25) is 0 Å². The first-order valence-corrected chi connectivity index (χ1v) is 13.1.